The number of benzene rings is 2. The van der Waals surface area contributed by atoms with Crippen molar-refractivity contribution >= 4 is 68.8 Å². The molecule has 0 radical (unpaired) electrons. The lowest BCUT2D eigenvalue weighted by molar-refractivity contribution is 0.628. The fourth-order valence-electron chi connectivity index (χ4n) is 2.13. The molecule has 124 valence electrons. The van der Waals surface area contributed by atoms with E-state index in [4.69, 9.17) is 35.4 Å². The molecule has 0 unspecified atom stereocenters. The molecule has 2 aromatic carbocycles. The van der Waals surface area contributed by atoms with Crippen LogP contribution in [0.3, 0.4) is 0 Å². The fraction of sp³-hybridized carbons (Fsp3) is 0.125. The SMILES string of the molecule is Fc1cccc(NC(=S)N2CCS/C2=N/c2c(Cl)cccc2Cl)c1. The number of thioether (sulfide) groups is 1. The van der Waals surface area contributed by atoms with Gasteiger partial charge >= 0.3 is 0 Å². The normalized spacial score (nSPS) is 15.8. The van der Waals surface area contributed by atoms with E-state index in [-0.39, 0.29) is 5.82 Å². The van der Waals surface area contributed by atoms with Crippen LogP contribution in [0.4, 0.5) is 15.8 Å². The second kappa shape index (κ2) is 7.70. The average molecular weight is 400 g/mol. The maximum atomic E-state index is 13.3. The van der Waals surface area contributed by atoms with Crippen molar-refractivity contribution in [2.75, 3.05) is 17.6 Å². The molecule has 1 aliphatic rings. The van der Waals surface area contributed by atoms with E-state index in [0.29, 0.717) is 38.2 Å². The van der Waals surface area contributed by atoms with Gasteiger partial charge in [0.1, 0.15) is 11.5 Å². The smallest absolute Gasteiger partial charge is 0.179 e. The van der Waals surface area contributed by atoms with Crippen molar-refractivity contribution in [2.45, 2.75) is 0 Å². The van der Waals surface area contributed by atoms with Crippen molar-refractivity contribution in [3.8, 4) is 0 Å². The molecule has 3 rings (SSSR count). The number of hydrogen-bond donors (Lipinski definition) is 1. The molecule has 1 heterocycles. The highest BCUT2D eigenvalue weighted by Gasteiger charge is 2.24. The predicted octanol–water partition coefficient (Wildman–Crippen LogP) is 5.57. The molecule has 1 N–H and O–H groups in total. The van der Waals surface area contributed by atoms with Gasteiger partial charge in [-0.2, -0.15) is 0 Å². The van der Waals surface area contributed by atoms with Gasteiger partial charge in [0.05, 0.1) is 10.0 Å². The summed E-state index contributed by atoms with van der Waals surface area (Å²) in [6.45, 7) is 0.701. The van der Waals surface area contributed by atoms with Crippen molar-refractivity contribution in [3.05, 3.63) is 58.3 Å². The van der Waals surface area contributed by atoms with Crippen LogP contribution in [0, 0.1) is 5.82 Å². The summed E-state index contributed by atoms with van der Waals surface area (Å²) in [4.78, 5) is 6.41. The number of amidine groups is 1. The summed E-state index contributed by atoms with van der Waals surface area (Å²) in [5, 5.41) is 5.14. The first kappa shape index (κ1) is 17.5. The number of aliphatic imine (C=N–C) groups is 1. The summed E-state index contributed by atoms with van der Waals surface area (Å²) >= 11 is 19.3. The minimum atomic E-state index is -0.324. The molecule has 1 aliphatic heterocycles. The van der Waals surface area contributed by atoms with Crippen LogP contribution >= 0.6 is 47.2 Å². The Balaban J connectivity index is 1.82. The van der Waals surface area contributed by atoms with Crippen LogP contribution in [0.15, 0.2) is 47.5 Å². The number of hydrogen-bond acceptors (Lipinski definition) is 3. The second-order valence-electron chi connectivity index (χ2n) is 4.91. The van der Waals surface area contributed by atoms with Gasteiger partial charge in [-0.1, -0.05) is 47.1 Å². The van der Waals surface area contributed by atoms with Crippen LogP contribution in [0.1, 0.15) is 0 Å². The maximum Gasteiger partial charge on any atom is 0.179 e. The lowest BCUT2D eigenvalue weighted by Crippen LogP contribution is -2.35. The zero-order valence-corrected chi connectivity index (χ0v) is 15.4. The molecule has 0 atom stereocenters. The van der Waals surface area contributed by atoms with Gasteiger partial charge in [-0.3, -0.25) is 4.90 Å². The van der Waals surface area contributed by atoms with E-state index < -0.39 is 0 Å². The third-order valence-electron chi connectivity index (χ3n) is 3.24. The number of para-hydroxylation sites is 1. The number of nitrogens with zero attached hydrogens (tertiary/aromatic N) is 2. The average Bonchev–Trinajstić information content (AvgIpc) is 2.99. The number of anilines is 1. The van der Waals surface area contributed by atoms with Gasteiger partial charge in [-0.25, -0.2) is 9.38 Å². The van der Waals surface area contributed by atoms with E-state index >= 15 is 0 Å². The molecule has 1 saturated heterocycles. The molecule has 0 bridgehead atoms. The van der Waals surface area contributed by atoms with E-state index in [2.05, 4.69) is 10.3 Å². The topological polar surface area (TPSA) is 27.6 Å². The summed E-state index contributed by atoms with van der Waals surface area (Å²) < 4.78 is 13.3. The second-order valence-corrected chi connectivity index (χ2v) is 7.17. The zero-order valence-electron chi connectivity index (χ0n) is 12.3. The third kappa shape index (κ3) is 4.00. The Morgan fingerprint density at radius 3 is 2.62 bits per heavy atom. The highest BCUT2D eigenvalue weighted by molar-refractivity contribution is 8.14. The number of thiocarbonyl (C=S) groups is 1. The molecule has 0 aliphatic carbocycles. The lowest BCUT2D eigenvalue weighted by atomic mass is 10.3. The van der Waals surface area contributed by atoms with E-state index in [0.717, 1.165) is 5.75 Å². The summed E-state index contributed by atoms with van der Waals surface area (Å²) in [7, 11) is 0. The highest BCUT2D eigenvalue weighted by atomic mass is 35.5. The van der Waals surface area contributed by atoms with Gasteiger partial charge in [0.15, 0.2) is 10.3 Å². The molecule has 0 aromatic heterocycles. The van der Waals surface area contributed by atoms with Gasteiger partial charge in [0.2, 0.25) is 0 Å². The molecule has 0 saturated carbocycles. The first-order valence-electron chi connectivity index (χ1n) is 7.04. The summed E-state index contributed by atoms with van der Waals surface area (Å²) in [6.07, 6.45) is 0. The van der Waals surface area contributed by atoms with Gasteiger partial charge in [-0.15, -0.1) is 0 Å². The summed E-state index contributed by atoms with van der Waals surface area (Å²) in [5.74, 6) is 0.515. The Bertz CT molecular complexity index is 793. The van der Waals surface area contributed by atoms with Crippen LogP contribution in [0.5, 0.6) is 0 Å². The molecule has 8 heteroatoms. The van der Waals surface area contributed by atoms with Crippen LogP contribution in [0.25, 0.3) is 0 Å². The van der Waals surface area contributed by atoms with E-state index in [9.17, 15) is 4.39 Å². The molecule has 1 fully saturated rings. The van der Waals surface area contributed by atoms with Gasteiger partial charge in [0.25, 0.3) is 0 Å². The standard InChI is InChI=1S/C16H12Cl2FN3S2/c17-12-5-2-6-13(18)14(12)21-16-22(7-8-24-16)15(23)20-11-4-1-3-10(19)9-11/h1-6,9H,7-8H2,(H,20,23)/b21-16+. The minimum absolute atomic E-state index is 0.324. The highest BCUT2D eigenvalue weighted by Crippen LogP contribution is 2.35. The monoisotopic (exact) mass is 399 g/mol. The molecular weight excluding hydrogens is 388 g/mol. The van der Waals surface area contributed by atoms with Crippen molar-refractivity contribution in [1.29, 1.82) is 0 Å². The maximum absolute atomic E-state index is 13.3. The molecule has 2 aromatic rings. The Morgan fingerprint density at radius 2 is 1.92 bits per heavy atom. The first-order valence-corrected chi connectivity index (χ1v) is 9.19. The van der Waals surface area contributed by atoms with Crippen molar-refractivity contribution in [2.24, 2.45) is 4.99 Å². The molecular formula is C16H12Cl2FN3S2. The van der Waals surface area contributed by atoms with Gasteiger partial charge in [-0.05, 0) is 42.5 Å². The van der Waals surface area contributed by atoms with Crippen LogP contribution < -0.4 is 5.32 Å². The number of nitrogens with one attached hydrogen (secondary N) is 1. The first-order chi connectivity index (χ1) is 11.5. The quantitative estimate of drug-likeness (QED) is 0.668. The Hall–Kier alpha value is -1.34. The lowest BCUT2D eigenvalue weighted by Gasteiger charge is -2.20. The predicted molar refractivity (Wildman–Crippen MR) is 105 cm³/mol. The van der Waals surface area contributed by atoms with Crippen LogP contribution in [0.2, 0.25) is 10.0 Å². The molecule has 0 spiro atoms. The summed E-state index contributed by atoms with van der Waals surface area (Å²) in [5.41, 5.74) is 1.11. The Labute approximate surface area is 158 Å². The van der Waals surface area contributed by atoms with E-state index in [1.54, 1.807) is 42.1 Å². The van der Waals surface area contributed by atoms with Crippen LogP contribution in [-0.4, -0.2) is 27.5 Å². The van der Waals surface area contributed by atoms with Crippen molar-refractivity contribution in [3.63, 3.8) is 0 Å². The Morgan fingerprint density at radius 1 is 1.21 bits per heavy atom. The largest absolute Gasteiger partial charge is 0.332 e. The fourth-order valence-corrected chi connectivity index (χ4v) is 3.92. The Kier molecular flexibility index (Phi) is 5.61. The van der Waals surface area contributed by atoms with E-state index in [1.165, 1.54) is 12.1 Å². The molecule has 0 amide bonds. The van der Waals surface area contributed by atoms with Crippen molar-refractivity contribution in [1.82, 2.24) is 4.90 Å². The third-order valence-corrected chi connectivity index (χ3v) is 5.13. The van der Waals surface area contributed by atoms with Gasteiger partial charge < -0.3 is 5.32 Å². The number of halogens is 3. The number of rotatable bonds is 2. The zero-order chi connectivity index (χ0) is 17.1. The minimum Gasteiger partial charge on any atom is -0.332 e. The summed E-state index contributed by atoms with van der Waals surface area (Å²) in [6, 6.07) is 11.4. The molecule has 3 nitrogen and oxygen atoms in total. The van der Waals surface area contributed by atoms with E-state index in [1.807, 2.05) is 4.90 Å². The van der Waals surface area contributed by atoms with Gasteiger partial charge in [0, 0.05) is 18.0 Å². The van der Waals surface area contributed by atoms with Crippen molar-refractivity contribution < 1.29 is 4.39 Å². The molecule has 24 heavy (non-hydrogen) atoms. The van der Waals surface area contributed by atoms with Crippen LogP contribution in [-0.2, 0) is 0 Å².